The average Bonchev–Trinajstić information content (AvgIpc) is 2.29. The van der Waals surface area contributed by atoms with Crippen LogP contribution in [-0.4, -0.2) is 13.0 Å². The van der Waals surface area contributed by atoms with Gasteiger partial charge in [-0.15, -0.1) is 0 Å². The predicted molar refractivity (Wildman–Crippen MR) is 64.3 cm³/mol. The molecule has 17 heavy (non-hydrogen) atoms. The lowest BCUT2D eigenvalue weighted by molar-refractivity contribution is 0.463. The first kappa shape index (κ1) is 11.6. The van der Waals surface area contributed by atoms with Gasteiger partial charge in [0.05, 0.1) is 10.6 Å². The Kier molecular flexibility index (Phi) is 2.87. The molecule has 5 heteroatoms. The molecule has 0 aromatic heterocycles. The van der Waals surface area contributed by atoms with Crippen molar-refractivity contribution in [1.29, 1.82) is 0 Å². The van der Waals surface area contributed by atoms with Crippen molar-refractivity contribution in [2.45, 2.75) is 4.90 Å². The Balaban J connectivity index is 2.67. The summed E-state index contributed by atoms with van der Waals surface area (Å²) in [6.45, 7) is 0. The summed E-state index contributed by atoms with van der Waals surface area (Å²) in [6.07, 6.45) is 0. The van der Waals surface area contributed by atoms with Gasteiger partial charge in [0, 0.05) is 5.56 Å². The molecular weight excluding hydrogens is 238 g/mol. The number of hydrogen-bond acceptors (Lipinski definition) is 4. The van der Waals surface area contributed by atoms with Crippen LogP contribution in [0.2, 0.25) is 0 Å². The number of hydrogen-bond donors (Lipinski definition) is 1. The van der Waals surface area contributed by atoms with Crippen molar-refractivity contribution in [3.63, 3.8) is 0 Å². The summed E-state index contributed by atoms with van der Waals surface area (Å²) in [5.74, 6) is 0. The molecule has 0 heterocycles. The Morgan fingerprint density at radius 2 is 1.59 bits per heavy atom. The van der Waals surface area contributed by atoms with Crippen molar-refractivity contribution in [2.75, 3.05) is 5.73 Å². The quantitative estimate of drug-likeness (QED) is 0.649. The van der Waals surface area contributed by atoms with Gasteiger partial charge in [-0.05, 0) is 11.6 Å². The van der Waals surface area contributed by atoms with Crippen molar-refractivity contribution in [1.82, 2.24) is 0 Å². The Bertz CT molecular complexity index is 636. The first-order chi connectivity index (χ1) is 8.00. The van der Waals surface area contributed by atoms with Gasteiger partial charge >= 0.3 is 0 Å². The standard InChI is InChI=1S/C12H11NO3S/c13-12-10(9-5-2-1-3-6-9)7-4-8-11(12)17(14,15)16/h1-8H,13H2,(H,14,15,16)/p-1. The van der Waals surface area contributed by atoms with E-state index in [0.29, 0.717) is 5.56 Å². The molecule has 0 radical (unpaired) electrons. The lowest BCUT2D eigenvalue weighted by atomic mass is 10.0. The summed E-state index contributed by atoms with van der Waals surface area (Å²) in [5.41, 5.74) is 7.03. The minimum atomic E-state index is -4.54. The molecule has 0 saturated heterocycles. The van der Waals surface area contributed by atoms with Crippen molar-refractivity contribution in [2.24, 2.45) is 0 Å². The molecule has 0 atom stereocenters. The Morgan fingerprint density at radius 3 is 2.18 bits per heavy atom. The fourth-order valence-corrected chi connectivity index (χ4v) is 2.26. The van der Waals surface area contributed by atoms with Crippen LogP contribution >= 0.6 is 0 Å². The highest BCUT2D eigenvalue weighted by atomic mass is 32.2. The zero-order valence-corrected chi connectivity index (χ0v) is 9.65. The van der Waals surface area contributed by atoms with E-state index in [1.54, 1.807) is 18.2 Å². The van der Waals surface area contributed by atoms with Crippen LogP contribution in [0.3, 0.4) is 0 Å². The fourth-order valence-electron chi connectivity index (χ4n) is 1.63. The van der Waals surface area contributed by atoms with Crippen LogP contribution in [0.5, 0.6) is 0 Å². The lowest BCUT2D eigenvalue weighted by Crippen LogP contribution is -2.04. The van der Waals surface area contributed by atoms with Crippen molar-refractivity contribution in [3.8, 4) is 11.1 Å². The van der Waals surface area contributed by atoms with Crippen LogP contribution in [-0.2, 0) is 10.1 Å². The summed E-state index contributed by atoms with van der Waals surface area (Å²) in [7, 11) is -4.54. The smallest absolute Gasteiger partial charge is 0.126 e. The van der Waals surface area contributed by atoms with E-state index in [1.807, 2.05) is 18.2 Å². The van der Waals surface area contributed by atoms with Gasteiger partial charge in [-0.3, -0.25) is 0 Å². The number of benzene rings is 2. The topological polar surface area (TPSA) is 83.2 Å². The molecule has 2 N–H and O–H groups in total. The van der Waals surface area contributed by atoms with Crippen LogP contribution in [0, 0.1) is 0 Å². The van der Waals surface area contributed by atoms with E-state index in [4.69, 9.17) is 5.73 Å². The first-order valence-electron chi connectivity index (χ1n) is 4.90. The van der Waals surface area contributed by atoms with E-state index in [1.165, 1.54) is 12.1 Å². The highest BCUT2D eigenvalue weighted by Crippen LogP contribution is 2.30. The SMILES string of the molecule is Nc1c(-c2ccccc2)cccc1S(=O)(=O)[O-]. The van der Waals surface area contributed by atoms with E-state index in [-0.39, 0.29) is 10.6 Å². The second-order valence-electron chi connectivity index (χ2n) is 3.54. The summed E-state index contributed by atoms with van der Waals surface area (Å²) in [4.78, 5) is -0.376. The van der Waals surface area contributed by atoms with Gasteiger partial charge in [-0.25, -0.2) is 8.42 Å². The highest BCUT2D eigenvalue weighted by molar-refractivity contribution is 7.86. The summed E-state index contributed by atoms with van der Waals surface area (Å²) in [6, 6.07) is 13.5. The monoisotopic (exact) mass is 248 g/mol. The second kappa shape index (κ2) is 4.20. The zero-order valence-electron chi connectivity index (χ0n) is 8.83. The molecule has 4 nitrogen and oxygen atoms in total. The minimum Gasteiger partial charge on any atom is -0.744 e. The Hall–Kier alpha value is -1.85. The van der Waals surface area contributed by atoms with Crippen LogP contribution in [0.25, 0.3) is 11.1 Å². The molecule has 2 rings (SSSR count). The number of nitrogen functional groups attached to an aromatic ring is 1. The summed E-state index contributed by atoms with van der Waals surface area (Å²) in [5, 5.41) is 0. The maximum atomic E-state index is 11.0. The maximum Gasteiger partial charge on any atom is 0.126 e. The molecule has 2 aromatic rings. The van der Waals surface area contributed by atoms with Crippen LogP contribution in [0.1, 0.15) is 0 Å². The van der Waals surface area contributed by atoms with Gasteiger partial charge < -0.3 is 10.3 Å². The largest absolute Gasteiger partial charge is 0.744 e. The molecule has 2 aromatic carbocycles. The van der Waals surface area contributed by atoms with E-state index in [2.05, 4.69) is 0 Å². The molecule has 0 saturated carbocycles. The molecule has 0 amide bonds. The second-order valence-corrected chi connectivity index (χ2v) is 4.89. The van der Waals surface area contributed by atoms with Gasteiger partial charge in [-0.2, -0.15) is 0 Å². The molecule has 0 aliphatic heterocycles. The predicted octanol–water partition coefficient (Wildman–Crippen LogP) is 1.84. The van der Waals surface area contributed by atoms with Gasteiger partial charge in [0.15, 0.2) is 0 Å². The molecule has 0 bridgehead atoms. The van der Waals surface area contributed by atoms with Crippen LogP contribution < -0.4 is 5.73 Å². The van der Waals surface area contributed by atoms with E-state index < -0.39 is 10.1 Å². The molecule has 88 valence electrons. The third kappa shape index (κ3) is 2.30. The number of nitrogens with two attached hydrogens (primary N) is 1. The van der Waals surface area contributed by atoms with Crippen LogP contribution in [0.15, 0.2) is 53.4 Å². The van der Waals surface area contributed by atoms with E-state index in [0.717, 1.165) is 5.56 Å². The fraction of sp³-hybridized carbons (Fsp3) is 0. The van der Waals surface area contributed by atoms with Crippen molar-refractivity contribution in [3.05, 3.63) is 48.5 Å². The van der Waals surface area contributed by atoms with Gasteiger partial charge in [-0.1, -0.05) is 42.5 Å². The highest BCUT2D eigenvalue weighted by Gasteiger charge is 2.10. The number of rotatable bonds is 2. The number of para-hydroxylation sites is 1. The molecule has 0 spiro atoms. The van der Waals surface area contributed by atoms with Crippen molar-refractivity contribution < 1.29 is 13.0 Å². The average molecular weight is 248 g/mol. The summed E-state index contributed by atoms with van der Waals surface area (Å²) < 4.78 is 33.0. The third-order valence-electron chi connectivity index (χ3n) is 2.42. The Labute approximate surface area is 99.5 Å². The van der Waals surface area contributed by atoms with Crippen LogP contribution in [0.4, 0.5) is 5.69 Å². The summed E-state index contributed by atoms with van der Waals surface area (Å²) >= 11 is 0. The van der Waals surface area contributed by atoms with Crippen molar-refractivity contribution >= 4 is 15.8 Å². The van der Waals surface area contributed by atoms with Gasteiger partial charge in [0.2, 0.25) is 0 Å². The molecule has 0 fully saturated rings. The zero-order chi connectivity index (χ0) is 12.5. The van der Waals surface area contributed by atoms with E-state index >= 15 is 0 Å². The molecule has 0 aliphatic rings. The van der Waals surface area contributed by atoms with Gasteiger partial charge in [0.1, 0.15) is 10.1 Å². The number of anilines is 1. The minimum absolute atomic E-state index is 0.00583. The molecule has 0 aliphatic carbocycles. The lowest BCUT2D eigenvalue weighted by Gasteiger charge is -2.13. The molecular formula is C12H10NO3S-. The maximum absolute atomic E-state index is 11.0. The third-order valence-corrected chi connectivity index (χ3v) is 3.31. The van der Waals surface area contributed by atoms with E-state index in [9.17, 15) is 13.0 Å². The molecule has 0 unspecified atom stereocenters. The van der Waals surface area contributed by atoms with Gasteiger partial charge in [0.25, 0.3) is 0 Å². The first-order valence-corrected chi connectivity index (χ1v) is 6.31. The Morgan fingerprint density at radius 1 is 0.941 bits per heavy atom. The normalized spacial score (nSPS) is 11.4.